The fraction of sp³-hybridized carbons (Fsp3) is 0.538. The number of nitro groups is 1. The number of hydrogen-bond acceptors (Lipinski definition) is 3. The quantitative estimate of drug-likeness (QED) is 0.655. The number of hydrogen-bond donors (Lipinski definition) is 1. The fourth-order valence-electron chi connectivity index (χ4n) is 2.38. The molecule has 0 aliphatic heterocycles. The molecule has 0 radical (unpaired) electrons. The summed E-state index contributed by atoms with van der Waals surface area (Å²) in [7, 11) is 0. The lowest BCUT2D eigenvalue weighted by atomic mass is 9.74. The lowest BCUT2D eigenvalue weighted by molar-refractivity contribution is -0.384. The van der Waals surface area contributed by atoms with Gasteiger partial charge in [-0.2, -0.15) is 0 Å². The molecule has 18 heavy (non-hydrogen) atoms. The molecule has 1 fully saturated rings. The van der Waals surface area contributed by atoms with Gasteiger partial charge in [-0.1, -0.05) is 6.92 Å². The summed E-state index contributed by atoms with van der Waals surface area (Å²) in [4.78, 5) is 10.4. The summed E-state index contributed by atoms with van der Waals surface area (Å²) in [5.74, 6) is -0.536. The smallest absolute Gasteiger partial charge is 0.295 e. The topological polar surface area (TPSA) is 55.2 Å². The molecule has 1 N–H and O–H groups in total. The van der Waals surface area contributed by atoms with Gasteiger partial charge in [-0.15, -0.1) is 0 Å². The summed E-state index contributed by atoms with van der Waals surface area (Å²) >= 11 is 0. The van der Waals surface area contributed by atoms with Crippen molar-refractivity contribution in [1.29, 1.82) is 0 Å². The summed E-state index contributed by atoms with van der Waals surface area (Å²) in [6.45, 7) is 3.68. The number of rotatable bonds is 4. The Balaban J connectivity index is 2.36. The first-order valence-electron chi connectivity index (χ1n) is 6.20. The van der Waals surface area contributed by atoms with Crippen molar-refractivity contribution >= 4 is 11.4 Å². The Hall–Kier alpha value is -1.65. The van der Waals surface area contributed by atoms with Crippen LogP contribution in [0.4, 0.5) is 15.8 Å². The van der Waals surface area contributed by atoms with Gasteiger partial charge in [0.05, 0.1) is 11.0 Å². The standard InChI is InChI=1S/C13H17FN2O2/c1-3-13(5-4-6-13)15-11-7-9(2)10(14)8-12(11)16(17)18/h7-8,15H,3-6H2,1-2H3. The first-order valence-corrected chi connectivity index (χ1v) is 6.20. The Labute approximate surface area is 105 Å². The maximum absolute atomic E-state index is 13.4. The Morgan fingerprint density at radius 1 is 1.50 bits per heavy atom. The van der Waals surface area contributed by atoms with Crippen molar-refractivity contribution in [2.45, 2.75) is 45.1 Å². The number of aryl methyl sites for hydroxylation is 1. The van der Waals surface area contributed by atoms with Crippen molar-refractivity contribution < 1.29 is 9.31 Å². The van der Waals surface area contributed by atoms with E-state index < -0.39 is 10.7 Å². The largest absolute Gasteiger partial charge is 0.374 e. The highest BCUT2D eigenvalue weighted by atomic mass is 19.1. The van der Waals surface area contributed by atoms with E-state index in [1.165, 1.54) is 6.07 Å². The molecule has 0 bridgehead atoms. The van der Waals surface area contributed by atoms with Crippen molar-refractivity contribution in [2.24, 2.45) is 0 Å². The molecule has 1 aromatic carbocycles. The van der Waals surface area contributed by atoms with Gasteiger partial charge in [0.1, 0.15) is 11.5 Å². The van der Waals surface area contributed by atoms with Crippen LogP contribution in [0.15, 0.2) is 12.1 Å². The van der Waals surface area contributed by atoms with Crippen LogP contribution < -0.4 is 5.32 Å². The van der Waals surface area contributed by atoms with Gasteiger partial charge in [0.25, 0.3) is 5.69 Å². The van der Waals surface area contributed by atoms with Gasteiger partial charge in [-0.3, -0.25) is 10.1 Å². The van der Waals surface area contributed by atoms with Crippen LogP contribution in [0, 0.1) is 22.9 Å². The highest BCUT2D eigenvalue weighted by Crippen LogP contribution is 2.40. The van der Waals surface area contributed by atoms with E-state index in [1.807, 2.05) is 0 Å². The Morgan fingerprint density at radius 3 is 2.61 bits per heavy atom. The van der Waals surface area contributed by atoms with Gasteiger partial charge in [0, 0.05) is 5.54 Å². The van der Waals surface area contributed by atoms with Crippen molar-refractivity contribution in [3.8, 4) is 0 Å². The highest BCUT2D eigenvalue weighted by Gasteiger charge is 2.36. The number of nitrogens with one attached hydrogen (secondary N) is 1. The van der Waals surface area contributed by atoms with Crippen LogP contribution in [0.5, 0.6) is 0 Å². The molecule has 0 heterocycles. The average Bonchev–Trinajstić information content (AvgIpc) is 2.27. The van der Waals surface area contributed by atoms with Crippen LogP contribution in [0.25, 0.3) is 0 Å². The summed E-state index contributed by atoms with van der Waals surface area (Å²) in [5, 5.41) is 14.2. The molecular formula is C13H17FN2O2. The van der Waals surface area contributed by atoms with Crippen LogP contribution in [-0.4, -0.2) is 10.5 Å². The van der Waals surface area contributed by atoms with Gasteiger partial charge >= 0.3 is 0 Å². The summed E-state index contributed by atoms with van der Waals surface area (Å²) < 4.78 is 13.4. The number of nitrogens with zero attached hydrogens (tertiary/aromatic N) is 1. The minimum Gasteiger partial charge on any atom is -0.374 e. The SMILES string of the molecule is CCC1(Nc2cc(C)c(F)cc2[N+](=O)[O-])CCC1. The van der Waals surface area contributed by atoms with Gasteiger partial charge in [-0.05, 0) is 44.2 Å². The van der Waals surface area contributed by atoms with Crippen LogP contribution in [0.1, 0.15) is 38.2 Å². The molecule has 1 aromatic rings. The predicted octanol–water partition coefficient (Wildman–Crippen LogP) is 3.79. The van der Waals surface area contributed by atoms with E-state index >= 15 is 0 Å². The molecule has 5 heteroatoms. The van der Waals surface area contributed by atoms with Crippen LogP contribution in [0.3, 0.4) is 0 Å². The minimum absolute atomic E-state index is 0.0466. The Bertz CT molecular complexity index is 479. The minimum atomic E-state index is -0.536. The van der Waals surface area contributed by atoms with E-state index in [-0.39, 0.29) is 11.2 Å². The molecule has 98 valence electrons. The van der Waals surface area contributed by atoms with E-state index in [0.717, 1.165) is 31.7 Å². The number of nitro benzene ring substituents is 1. The van der Waals surface area contributed by atoms with Crippen LogP contribution >= 0.6 is 0 Å². The lowest BCUT2D eigenvalue weighted by Crippen LogP contribution is -2.44. The molecule has 0 spiro atoms. The van der Waals surface area contributed by atoms with Gasteiger partial charge in [0.2, 0.25) is 0 Å². The van der Waals surface area contributed by atoms with E-state index in [9.17, 15) is 14.5 Å². The molecule has 0 saturated heterocycles. The summed E-state index contributed by atoms with van der Waals surface area (Å²) in [6.07, 6.45) is 4.07. The zero-order valence-corrected chi connectivity index (χ0v) is 10.6. The zero-order chi connectivity index (χ0) is 13.3. The van der Waals surface area contributed by atoms with E-state index in [4.69, 9.17) is 0 Å². The molecule has 1 aliphatic rings. The first kappa shape index (κ1) is 12.8. The van der Waals surface area contributed by atoms with E-state index in [2.05, 4.69) is 12.2 Å². The van der Waals surface area contributed by atoms with Gasteiger partial charge in [0.15, 0.2) is 0 Å². The molecule has 0 atom stereocenters. The molecule has 0 unspecified atom stereocenters. The zero-order valence-electron chi connectivity index (χ0n) is 10.6. The van der Waals surface area contributed by atoms with Gasteiger partial charge in [-0.25, -0.2) is 4.39 Å². The third-order valence-corrected chi connectivity index (χ3v) is 3.86. The molecule has 2 rings (SSSR count). The average molecular weight is 252 g/mol. The summed E-state index contributed by atoms with van der Waals surface area (Å²) in [6, 6.07) is 2.53. The number of benzene rings is 1. The maximum atomic E-state index is 13.4. The normalized spacial score (nSPS) is 17.1. The Kier molecular flexibility index (Phi) is 3.24. The van der Waals surface area contributed by atoms with Gasteiger partial charge < -0.3 is 5.32 Å². The summed E-state index contributed by atoms with van der Waals surface area (Å²) in [5.41, 5.74) is 0.627. The second kappa shape index (κ2) is 4.55. The molecule has 0 amide bonds. The highest BCUT2D eigenvalue weighted by molar-refractivity contribution is 5.64. The second-order valence-corrected chi connectivity index (χ2v) is 4.99. The predicted molar refractivity (Wildman–Crippen MR) is 68.3 cm³/mol. The first-order chi connectivity index (χ1) is 8.47. The molecule has 1 aliphatic carbocycles. The molecule has 1 saturated carbocycles. The Morgan fingerprint density at radius 2 is 2.17 bits per heavy atom. The lowest BCUT2D eigenvalue weighted by Gasteiger charge is -2.42. The molecule has 0 aromatic heterocycles. The van der Waals surface area contributed by atoms with E-state index in [0.29, 0.717) is 11.3 Å². The van der Waals surface area contributed by atoms with Crippen molar-refractivity contribution in [2.75, 3.05) is 5.32 Å². The molecular weight excluding hydrogens is 235 g/mol. The van der Waals surface area contributed by atoms with Crippen LogP contribution in [0.2, 0.25) is 0 Å². The monoisotopic (exact) mass is 252 g/mol. The third kappa shape index (κ3) is 2.17. The van der Waals surface area contributed by atoms with Crippen molar-refractivity contribution in [1.82, 2.24) is 0 Å². The van der Waals surface area contributed by atoms with Crippen molar-refractivity contribution in [3.05, 3.63) is 33.6 Å². The number of halogens is 1. The van der Waals surface area contributed by atoms with Crippen LogP contribution in [-0.2, 0) is 0 Å². The fourth-order valence-corrected chi connectivity index (χ4v) is 2.38. The van der Waals surface area contributed by atoms with E-state index in [1.54, 1.807) is 6.92 Å². The maximum Gasteiger partial charge on any atom is 0.295 e. The number of anilines is 1. The van der Waals surface area contributed by atoms with Crippen molar-refractivity contribution in [3.63, 3.8) is 0 Å². The second-order valence-electron chi connectivity index (χ2n) is 4.99. The third-order valence-electron chi connectivity index (χ3n) is 3.86. The molecule has 4 nitrogen and oxygen atoms in total.